The van der Waals surface area contributed by atoms with Crippen molar-refractivity contribution in [2.24, 2.45) is 0 Å². The van der Waals surface area contributed by atoms with E-state index in [1.807, 2.05) is 48.5 Å². The third-order valence-electron chi connectivity index (χ3n) is 3.20. The monoisotopic (exact) mass is 285 g/mol. The summed E-state index contributed by atoms with van der Waals surface area (Å²) in [6.07, 6.45) is 0.359. The first kappa shape index (κ1) is 14.9. The van der Waals surface area contributed by atoms with Gasteiger partial charge in [-0.3, -0.25) is 4.79 Å². The molecule has 4 nitrogen and oxygen atoms in total. The van der Waals surface area contributed by atoms with E-state index in [9.17, 15) is 4.79 Å². The Morgan fingerprint density at radius 2 is 1.57 bits per heavy atom. The van der Waals surface area contributed by atoms with Crippen molar-refractivity contribution in [2.75, 3.05) is 14.2 Å². The van der Waals surface area contributed by atoms with Gasteiger partial charge in [0.25, 0.3) is 0 Å². The van der Waals surface area contributed by atoms with Gasteiger partial charge in [0.05, 0.1) is 32.7 Å². The Labute approximate surface area is 124 Å². The Morgan fingerprint density at radius 3 is 2.14 bits per heavy atom. The number of hydrogen-bond acceptors (Lipinski definition) is 3. The molecule has 0 heterocycles. The van der Waals surface area contributed by atoms with Crippen LogP contribution in [0.25, 0.3) is 0 Å². The maximum Gasteiger partial charge on any atom is 0.224 e. The highest BCUT2D eigenvalue weighted by molar-refractivity contribution is 5.78. The predicted molar refractivity (Wildman–Crippen MR) is 81.5 cm³/mol. The molecule has 2 rings (SSSR count). The number of rotatable bonds is 6. The van der Waals surface area contributed by atoms with E-state index in [1.54, 1.807) is 14.2 Å². The van der Waals surface area contributed by atoms with Crippen LogP contribution in [-0.4, -0.2) is 20.1 Å². The highest BCUT2D eigenvalue weighted by Crippen LogP contribution is 2.27. The molecule has 4 heteroatoms. The minimum absolute atomic E-state index is 0.0332. The van der Waals surface area contributed by atoms with Gasteiger partial charge in [-0.2, -0.15) is 0 Å². The van der Waals surface area contributed by atoms with Crippen molar-refractivity contribution in [3.05, 3.63) is 59.7 Å². The fraction of sp³-hybridized carbons (Fsp3) is 0.235. The number of carbonyl (C=O) groups is 1. The SMILES string of the molecule is COc1cccc(OC)c1CNC(=O)Cc1ccccc1. The summed E-state index contributed by atoms with van der Waals surface area (Å²) in [5, 5.41) is 2.90. The number of nitrogens with one attached hydrogen (secondary N) is 1. The Bertz CT molecular complexity index is 574. The van der Waals surface area contributed by atoms with E-state index in [1.165, 1.54) is 0 Å². The molecule has 0 bridgehead atoms. The van der Waals surface area contributed by atoms with Crippen molar-refractivity contribution in [2.45, 2.75) is 13.0 Å². The van der Waals surface area contributed by atoms with Crippen LogP contribution in [0.3, 0.4) is 0 Å². The van der Waals surface area contributed by atoms with Gasteiger partial charge in [0.2, 0.25) is 5.91 Å². The van der Waals surface area contributed by atoms with Crippen molar-refractivity contribution in [1.29, 1.82) is 0 Å². The first-order chi connectivity index (χ1) is 10.2. The van der Waals surface area contributed by atoms with Crippen molar-refractivity contribution in [3.63, 3.8) is 0 Å². The summed E-state index contributed by atoms with van der Waals surface area (Å²) in [6, 6.07) is 15.2. The maximum atomic E-state index is 12.0. The van der Waals surface area contributed by atoms with Gasteiger partial charge in [0, 0.05) is 0 Å². The summed E-state index contributed by atoms with van der Waals surface area (Å²) < 4.78 is 10.6. The van der Waals surface area contributed by atoms with Crippen LogP contribution in [0, 0.1) is 0 Å². The molecule has 0 aliphatic carbocycles. The second-order valence-corrected chi connectivity index (χ2v) is 4.58. The van der Waals surface area contributed by atoms with Crippen molar-refractivity contribution >= 4 is 5.91 Å². The second-order valence-electron chi connectivity index (χ2n) is 4.58. The summed E-state index contributed by atoms with van der Waals surface area (Å²) in [6.45, 7) is 0.374. The molecule has 110 valence electrons. The average Bonchev–Trinajstić information content (AvgIpc) is 2.53. The molecule has 0 unspecified atom stereocenters. The van der Waals surface area contributed by atoms with Crippen LogP contribution in [-0.2, 0) is 17.8 Å². The molecule has 0 aliphatic heterocycles. The van der Waals surface area contributed by atoms with Crippen molar-refractivity contribution < 1.29 is 14.3 Å². The van der Waals surface area contributed by atoms with E-state index in [-0.39, 0.29) is 5.91 Å². The highest BCUT2D eigenvalue weighted by Gasteiger charge is 2.11. The van der Waals surface area contributed by atoms with Gasteiger partial charge in [-0.05, 0) is 17.7 Å². The number of methoxy groups -OCH3 is 2. The van der Waals surface area contributed by atoms with Crippen LogP contribution in [0.5, 0.6) is 11.5 Å². The number of ether oxygens (including phenoxy) is 2. The lowest BCUT2D eigenvalue weighted by atomic mass is 10.1. The Hall–Kier alpha value is -2.49. The molecule has 0 saturated heterocycles. The average molecular weight is 285 g/mol. The third kappa shape index (κ3) is 3.99. The molecule has 21 heavy (non-hydrogen) atoms. The Kier molecular flexibility index (Phi) is 5.21. The summed E-state index contributed by atoms with van der Waals surface area (Å²) in [5.74, 6) is 1.37. The summed E-state index contributed by atoms with van der Waals surface area (Å²) in [4.78, 5) is 12.0. The second kappa shape index (κ2) is 7.33. The predicted octanol–water partition coefficient (Wildman–Crippen LogP) is 2.56. The molecule has 0 aromatic heterocycles. The smallest absolute Gasteiger partial charge is 0.224 e. The van der Waals surface area contributed by atoms with Gasteiger partial charge >= 0.3 is 0 Å². The van der Waals surface area contributed by atoms with Crippen LogP contribution in [0.2, 0.25) is 0 Å². The standard InChI is InChI=1S/C17H19NO3/c1-20-15-9-6-10-16(21-2)14(15)12-18-17(19)11-13-7-4-3-5-8-13/h3-10H,11-12H2,1-2H3,(H,18,19). The minimum Gasteiger partial charge on any atom is -0.496 e. The molecule has 0 radical (unpaired) electrons. The number of benzene rings is 2. The van der Waals surface area contributed by atoms with Gasteiger partial charge in [0.15, 0.2) is 0 Å². The van der Waals surface area contributed by atoms with Gasteiger partial charge < -0.3 is 14.8 Å². The Balaban J connectivity index is 2.01. The van der Waals surface area contributed by atoms with E-state index in [0.717, 1.165) is 11.1 Å². The van der Waals surface area contributed by atoms with E-state index < -0.39 is 0 Å². The van der Waals surface area contributed by atoms with Crippen LogP contribution in [0.15, 0.2) is 48.5 Å². The summed E-state index contributed by atoms with van der Waals surface area (Å²) in [7, 11) is 3.20. The number of hydrogen-bond donors (Lipinski definition) is 1. The molecule has 0 fully saturated rings. The minimum atomic E-state index is -0.0332. The third-order valence-corrected chi connectivity index (χ3v) is 3.20. The zero-order chi connectivity index (χ0) is 15.1. The van der Waals surface area contributed by atoms with E-state index in [0.29, 0.717) is 24.5 Å². The molecule has 1 amide bonds. The van der Waals surface area contributed by atoms with Crippen LogP contribution >= 0.6 is 0 Å². The zero-order valence-corrected chi connectivity index (χ0v) is 12.3. The van der Waals surface area contributed by atoms with Crippen molar-refractivity contribution in [1.82, 2.24) is 5.32 Å². The number of carbonyl (C=O) groups excluding carboxylic acids is 1. The Morgan fingerprint density at radius 1 is 0.952 bits per heavy atom. The molecular weight excluding hydrogens is 266 g/mol. The molecule has 2 aromatic rings. The van der Waals surface area contributed by atoms with Gasteiger partial charge in [-0.15, -0.1) is 0 Å². The van der Waals surface area contributed by atoms with E-state index >= 15 is 0 Å². The van der Waals surface area contributed by atoms with Crippen LogP contribution < -0.4 is 14.8 Å². The number of amides is 1. The van der Waals surface area contributed by atoms with E-state index in [4.69, 9.17) is 9.47 Å². The molecular formula is C17H19NO3. The first-order valence-corrected chi connectivity index (χ1v) is 6.75. The largest absolute Gasteiger partial charge is 0.496 e. The summed E-state index contributed by atoms with van der Waals surface area (Å²) in [5.41, 5.74) is 1.82. The van der Waals surface area contributed by atoms with Gasteiger partial charge in [0.1, 0.15) is 11.5 Å². The van der Waals surface area contributed by atoms with E-state index in [2.05, 4.69) is 5.32 Å². The molecule has 0 aliphatic rings. The van der Waals surface area contributed by atoms with Crippen LogP contribution in [0.1, 0.15) is 11.1 Å². The molecule has 0 saturated carbocycles. The lowest BCUT2D eigenvalue weighted by molar-refractivity contribution is -0.120. The summed E-state index contributed by atoms with van der Waals surface area (Å²) >= 11 is 0. The highest BCUT2D eigenvalue weighted by atomic mass is 16.5. The molecule has 2 aromatic carbocycles. The molecule has 0 spiro atoms. The fourth-order valence-corrected chi connectivity index (χ4v) is 2.13. The van der Waals surface area contributed by atoms with Crippen molar-refractivity contribution in [3.8, 4) is 11.5 Å². The topological polar surface area (TPSA) is 47.6 Å². The maximum absolute atomic E-state index is 12.0. The normalized spacial score (nSPS) is 10.0. The van der Waals surface area contributed by atoms with Gasteiger partial charge in [-0.25, -0.2) is 0 Å². The lowest BCUT2D eigenvalue weighted by Gasteiger charge is -2.13. The first-order valence-electron chi connectivity index (χ1n) is 6.75. The quantitative estimate of drug-likeness (QED) is 0.887. The molecule has 1 N–H and O–H groups in total. The lowest BCUT2D eigenvalue weighted by Crippen LogP contribution is -2.25. The van der Waals surface area contributed by atoms with Gasteiger partial charge in [-0.1, -0.05) is 36.4 Å². The van der Waals surface area contributed by atoms with Crippen LogP contribution in [0.4, 0.5) is 0 Å². The fourth-order valence-electron chi connectivity index (χ4n) is 2.13. The zero-order valence-electron chi connectivity index (χ0n) is 12.3. The molecule has 0 atom stereocenters.